The second-order valence-electron chi connectivity index (χ2n) is 5.40. The number of ether oxygens (including phenoxy) is 1. The molecule has 7 nitrogen and oxygen atoms in total. The standard InChI is InChI=1S/C16H10ClF4N5O2/c17-12-3-1-9(5-11(12)16(19,20)21)23-15(27)7-28-14-4-2-10(6-13(14)18)26-8-22-24-25-26/h1-6,8H,7H2,(H,23,27). The van der Waals surface area contributed by atoms with Gasteiger partial charge in [0.05, 0.1) is 16.3 Å². The first-order valence-corrected chi connectivity index (χ1v) is 7.94. The number of benzene rings is 2. The number of halogens is 5. The molecule has 1 aromatic heterocycles. The third-order valence-corrected chi connectivity index (χ3v) is 3.77. The summed E-state index contributed by atoms with van der Waals surface area (Å²) >= 11 is 5.51. The Kier molecular flexibility index (Phi) is 5.45. The summed E-state index contributed by atoms with van der Waals surface area (Å²) in [5, 5.41) is 12.2. The molecule has 3 aromatic rings. The van der Waals surface area contributed by atoms with E-state index in [0.717, 1.165) is 12.1 Å². The summed E-state index contributed by atoms with van der Waals surface area (Å²) in [5.74, 6) is -1.77. The van der Waals surface area contributed by atoms with E-state index in [1.165, 1.54) is 29.2 Å². The van der Waals surface area contributed by atoms with Gasteiger partial charge in [-0.25, -0.2) is 9.07 Å². The molecule has 1 heterocycles. The fraction of sp³-hybridized carbons (Fsp3) is 0.125. The summed E-state index contributed by atoms with van der Waals surface area (Å²) in [4.78, 5) is 11.9. The zero-order chi connectivity index (χ0) is 20.3. The van der Waals surface area contributed by atoms with Gasteiger partial charge in [-0.2, -0.15) is 13.2 Å². The van der Waals surface area contributed by atoms with Crippen molar-refractivity contribution in [3.63, 3.8) is 0 Å². The van der Waals surface area contributed by atoms with Crippen LogP contribution in [0.3, 0.4) is 0 Å². The van der Waals surface area contributed by atoms with E-state index >= 15 is 0 Å². The van der Waals surface area contributed by atoms with Crippen LogP contribution in [-0.2, 0) is 11.0 Å². The monoisotopic (exact) mass is 415 g/mol. The Labute approximate surface area is 159 Å². The predicted molar refractivity (Wildman–Crippen MR) is 89.7 cm³/mol. The van der Waals surface area contributed by atoms with Crippen molar-refractivity contribution in [3.8, 4) is 11.4 Å². The number of aromatic nitrogens is 4. The van der Waals surface area contributed by atoms with E-state index in [0.29, 0.717) is 11.8 Å². The van der Waals surface area contributed by atoms with Crippen LogP contribution in [0.15, 0.2) is 42.7 Å². The topological polar surface area (TPSA) is 81.9 Å². The van der Waals surface area contributed by atoms with Crippen LogP contribution >= 0.6 is 11.6 Å². The van der Waals surface area contributed by atoms with Gasteiger partial charge in [-0.05, 0) is 40.8 Å². The van der Waals surface area contributed by atoms with Gasteiger partial charge in [-0.3, -0.25) is 4.79 Å². The molecule has 1 N–H and O–H groups in total. The number of tetrazole rings is 1. The Morgan fingerprint density at radius 2 is 2.00 bits per heavy atom. The fourth-order valence-corrected chi connectivity index (χ4v) is 2.41. The highest BCUT2D eigenvalue weighted by atomic mass is 35.5. The van der Waals surface area contributed by atoms with Crippen LogP contribution in [0.2, 0.25) is 5.02 Å². The van der Waals surface area contributed by atoms with E-state index in [4.69, 9.17) is 16.3 Å². The molecule has 0 unspecified atom stereocenters. The molecule has 0 bridgehead atoms. The molecule has 0 spiro atoms. The lowest BCUT2D eigenvalue weighted by Gasteiger charge is -2.12. The van der Waals surface area contributed by atoms with Crippen LogP contribution in [0.4, 0.5) is 23.2 Å². The second kappa shape index (κ2) is 7.80. The minimum Gasteiger partial charge on any atom is -0.481 e. The van der Waals surface area contributed by atoms with E-state index in [9.17, 15) is 22.4 Å². The lowest BCUT2D eigenvalue weighted by molar-refractivity contribution is -0.137. The van der Waals surface area contributed by atoms with Gasteiger partial charge in [-0.15, -0.1) is 5.10 Å². The van der Waals surface area contributed by atoms with Gasteiger partial charge in [0.25, 0.3) is 5.91 Å². The van der Waals surface area contributed by atoms with Gasteiger partial charge in [0.1, 0.15) is 6.33 Å². The molecule has 0 radical (unpaired) electrons. The number of alkyl halides is 3. The van der Waals surface area contributed by atoms with Gasteiger partial charge in [0.2, 0.25) is 0 Å². The highest BCUT2D eigenvalue weighted by molar-refractivity contribution is 6.31. The Morgan fingerprint density at radius 3 is 2.64 bits per heavy atom. The van der Waals surface area contributed by atoms with Crippen LogP contribution in [0.1, 0.15) is 5.56 Å². The lowest BCUT2D eigenvalue weighted by atomic mass is 10.2. The number of amides is 1. The summed E-state index contributed by atoms with van der Waals surface area (Å²) in [5.41, 5.74) is -0.878. The van der Waals surface area contributed by atoms with Crippen LogP contribution in [-0.4, -0.2) is 32.7 Å². The number of hydrogen-bond acceptors (Lipinski definition) is 5. The number of hydrogen-bond donors (Lipinski definition) is 1. The zero-order valence-corrected chi connectivity index (χ0v) is 14.5. The van der Waals surface area contributed by atoms with Crippen LogP contribution in [0, 0.1) is 5.82 Å². The molecule has 0 aliphatic rings. The van der Waals surface area contributed by atoms with E-state index in [1.54, 1.807) is 0 Å². The Hall–Kier alpha value is -3.21. The summed E-state index contributed by atoms with van der Waals surface area (Å²) in [6, 6.07) is 6.74. The Morgan fingerprint density at radius 1 is 1.21 bits per heavy atom. The third kappa shape index (κ3) is 4.55. The second-order valence-corrected chi connectivity index (χ2v) is 5.81. The Balaban J connectivity index is 1.63. The smallest absolute Gasteiger partial charge is 0.417 e. The van der Waals surface area contributed by atoms with Crippen molar-refractivity contribution in [2.75, 3.05) is 11.9 Å². The molecule has 0 saturated carbocycles. The predicted octanol–water partition coefficient (Wildman–Crippen LogP) is 3.49. The lowest BCUT2D eigenvalue weighted by Crippen LogP contribution is -2.21. The SMILES string of the molecule is O=C(COc1ccc(-n2cnnn2)cc1F)Nc1ccc(Cl)c(C(F)(F)F)c1. The molecule has 0 fully saturated rings. The van der Waals surface area contributed by atoms with Crippen molar-refractivity contribution < 1.29 is 27.1 Å². The van der Waals surface area contributed by atoms with Crippen molar-refractivity contribution in [2.24, 2.45) is 0 Å². The molecule has 3 rings (SSSR count). The van der Waals surface area contributed by atoms with E-state index < -0.39 is 35.1 Å². The van der Waals surface area contributed by atoms with Crippen molar-refractivity contribution in [1.29, 1.82) is 0 Å². The molecule has 0 atom stereocenters. The van der Waals surface area contributed by atoms with E-state index in [-0.39, 0.29) is 11.4 Å². The quantitative estimate of drug-likeness (QED) is 0.645. The number of nitrogens with zero attached hydrogens (tertiary/aromatic N) is 4. The van der Waals surface area contributed by atoms with Gasteiger partial charge >= 0.3 is 6.18 Å². The average Bonchev–Trinajstić information content (AvgIpc) is 3.16. The molecular formula is C16H10ClF4N5O2. The molecule has 2 aromatic carbocycles. The summed E-state index contributed by atoms with van der Waals surface area (Å²) in [6.07, 6.45) is -3.40. The molecule has 0 aliphatic carbocycles. The van der Waals surface area contributed by atoms with E-state index in [1.807, 2.05) is 0 Å². The van der Waals surface area contributed by atoms with Crippen molar-refractivity contribution in [2.45, 2.75) is 6.18 Å². The summed E-state index contributed by atoms with van der Waals surface area (Å²) in [7, 11) is 0. The summed E-state index contributed by atoms with van der Waals surface area (Å²) < 4.78 is 58.9. The Bertz CT molecular complexity index is 995. The maximum atomic E-state index is 14.1. The van der Waals surface area contributed by atoms with Crippen LogP contribution in [0.5, 0.6) is 5.75 Å². The normalized spacial score (nSPS) is 11.3. The van der Waals surface area contributed by atoms with Gasteiger partial charge in [0, 0.05) is 11.8 Å². The van der Waals surface area contributed by atoms with Crippen molar-refractivity contribution in [3.05, 3.63) is 59.1 Å². The number of nitrogens with one attached hydrogen (secondary N) is 1. The zero-order valence-electron chi connectivity index (χ0n) is 13.7. The van der Waals surface area contributed by atoms with Gasteiger partial charge in [-0.1, -0.05) is 11.6 Å². The van der Waals surface area contributed by atoms with Crippen LogP contribution < -0.4 is 10.1 Å². The minimum atomic E-state index is -4.67. The molecule has 146 valence electrons. The molecule has 1 amide bonds. The fourth-order valence-electron chi connectivity index (χ4n) is 2.19. The number of rotatable bonds is 5. The third-order valence-electron chi connectivity index (χ3n) is 3.44. The maximum absolute atomic E-state index is 14.1. The first kappa shape index (κ1) is 19.5. The number of carbonyl (C=O) groups is 1. The average molecular weight is 416 g/mol. The van der Waals surface area contributed by atoms with Crippen LogP contribution in [0.25, 0.3) is 5.69 Å². The minimum absolute atomic E-state index is 0.125. The van der Waals surface area contributed by atoms with E-state index in [2.05, 4.69) is 20.8 Å². The molecule has 28 heavy (non-hydrogen) atoms. The maximum Gasteiger partial charge on any atom is 0.417 e. The first-order chi connectivity index (χ1) is 13.2. The highest BCUT2D eigenvalue weighted by Gasteiger charge is 2.33. The largest absolute Gasteiger partial charge is 0.481 e. The van der Waals surface area contributed by atoms with Crippen molar-refractivity contribution in [1.82, 2.24) is 20.2 Å². The number of carbonyl (C=O) groups excluding carboxylic acids is 1. The van der Waals surface area contributed by atoms with Gasteiger partial charge in [0.15, 0.2) is 18.2 Å². The summed E-state index contributed by atoms with van der Waals surface area (Å²) in [6.45, 7) is -0.620. The molecule has 0 saturated heterocycles. The van der Waals surface area contributed by atoms with Crippen molar-refractivity contribution >= 4 is 23.2 Å². The number of anilines is 1. The van der Waals surface area contributed by atoms with Gasteiger partial charge < -0.3 is 10.1 Å². The highest BCUT2D eigenvalue weighted by Crippen LogP contribution is 2.36. The molecular weight excluding hydrogens is 406 g/mol. The molecule has 12 heteroatoms. The molecule has 0 aliphatic heterocycles. The first-order valence-electron chi connectivity index (χ1n) is 7.56.